The van der Waals surface area contributed by atoms with Gasteiger partial charge in [0.25, 0.3) is 0 Å². The van der Waals surface area contributed by atoms with Crippen LogP contribution in [0.15, 0.2) is 53.7 Å². The van der Waals surface area contributed by atoms with E-state index in [1.165, 1.54) is 6.07 Å². The Hall–Kier alpha value is -2.09. The maximum absolute atomic E-state index is 12.3. The molecule has 1 N–H and O–H groups in total. The number of imidazole rings is 1. The number of sulfonamides is 1. The number of hydrogen-bond acceptors (Lipinski definition) is 4. The van der Waals surface area contributed by atoms with Gasteiger partial charge in [0.05, 0.1) is 17.8 Å². The van der Waals surface area contributed by atoms with Gasteiger partial charge in [-0.1, -0.05) is 23.7 Å². The Labute approximate surface area is 145 Å². The van der Waals surface area contributed by atoms with Crippen molar-refractivity contribution in [1.82, 2.24) is 14.1 Å². The van der Waals surface area contributed by atoms with Crippen molar-refractivity contribution >= 4 is 27.3 Å². The summed E-state index contributed by atoms with van der Waals surface area (Å²) in [7, 11) is -2.06. The molecule has 0 aliphatic rings. The Morgan fingerprint density at radius 3 is 2.79 bits per heavy atom. The number of benzene rings is 1. The van der Waals surface area contributed by atoms with Crippen molar-refractivity contribution < 1.29 is 13.2 Å². The minimum atomic E-state index is -3.65. The maximum atomic E-state index is 12.3. The number of fused-ring (bicyclic) bond motifs is 1. The zero-order valence-electron chi connectivity index (χ0n) is 12.9. The zero-order valence-corrected chi connectivity index (χ0v) is 14.5. The highest BCUT2D eigenvalue weighted by Gasteiger charge is 2.17. The number of aromatic nitrogens is 2. The van der Waals surface area contributed by atoms with Crippen LogP contribution in [0.1, 0.15) is 5.69 Å². The van der Waals surface area contributed by atoms with Crippen LogP contribution in [0.5, 0.6) is 5.75 Å². The molecule has 6 nitrogen and oxygen atoms in total. The standard InChI is InChI=1S/C16H16ClN3O3S/c1-23-14-6-4-10-20-11-12(19-16(14)20)8-9-18-24(21,22)15-7-3-2-5-13(15)17/h2-7,10-11,18H,8-9H2,1H3. The monoisotopic (exact) mass is 365 g/mol. The first-order valence-corrected chi connectivity index (χ1v) is 9.12. The molecule has 0 aliphatic carbocycles. The molecule has 3 rings (SSSR count). The number of ether oxygens (including phenoxy) is 1. The smallest absolute Gasteiger partial charge is 0.242 e. The second-order valence-corrected chi connectivity index (χ2v) is 7.26. The summed E-state index contributed by atoms with van der Waals surface area (Å²) in [6.07, 6.45) is 4.17. The van der Waals surface area contributed by atoms with Crippen LogP contribution in [-0.2, 0) is 16.4 Å². The highest BCUT2D eigenvalue weighted by Crippen LogP contribution is 2.20. The van der Waals surface area contributed by atoms with Crippen molar-refractivity contribution in [3.8, 4) is 5.75 Å². The Bertz CT molecular complexity index is 970. The van der Waals surface area contributed by atoms with E-state index in [0.717, 1.165) is 5.69 Å². The fourth-order valence-electron chi connectivity index (χ4n) is 2.37. The second-order valence-electron chi connectivity index (χ2n) is 5.12. The van der Waals surface area contributed by atoms with Gasteiger partial charge in [-0.05, 0) is 24.3 Å². The highest BCUT2D eigenvalue weighted by molar-refractivity contribution is 7.89. The third-order valence-electron chi connectivity index (χ3n) is 3.52. The van der Waals surface area contributed by atoms with Crippen LogP contribution in [0, 0.1) is 0 Å². The summed E-state index contributed by atoms with van der Waals surface area (Å²) >= 11 is 5.94. The molecular formula is C16H16ClN3O3S. The minimum Gasteiger partial charge on any atom is -0.493 e. The zero-order chi connectivity index (χ0) is 17.2. The molecule has 0 atom stereocenters. The van der Waals surface area contributed by atoms with Crippen molar-refractivity contribution in [3.63, 3.8) is 0 Å². The number of halogens is 1. The van der Waals surface area contributed by atoms with Gasteiger partial charge in [0, 0.05) is 25.4 Å². The van der Waals surface area contributed by atoms with E-state index in [1.807, 2.05) is 28.9 Å². The number of pyridine rings is 1. The first kappa shape index (κ1) is 16.8. The normalized spacial score (nSPS) is 11.8. The third-order valence-corrected chi connectivity index (χ3v) is 5.48. The molecule has 24 heavy (non-hydrogen) atoms. The van der Waals surface area contributed by atoms with E-state index in [2.05, 4.69) is 9.71 Å². The van der Waals surface area contributed by atoms with Crippen molar-refractivity contribution in [2.45, 2.75) is 11.3 Å². The van der Waals surface area contributed by atoms with E-state index < -0.39 is 10.0 Å². The van der Waals surface area contributed by atoms with Crippen molar-refractivity contribution in [2.75, 3.05) is 13.7 Å². The number of nitrogens with one attached hydrogen (secondary N) is 1. The third kappa shape index (κ3) is 3.38. The fraction of sp³-hybridized carbons (Fsp3) is 0.188. The van der Waals surface area contributed by atoms with Crippen molar-refractivity contribution in [1.29, 1.82) is 0 Å². The molecule has 126 valence electrons. The molecule has 2 heterocycles. The van der Waals surface area contributed by atoms with Gasteiger partial charge < -0.3 is 9.14 Å². The van der Waals surface area contributed by atoms with E-state index in [0.29, 0.717) is 17.8 Å². The summed E-state index contributed by atoms with van der Waals surface area (Å²) in [5, 5.41) is 0.197. The minimum absolute atomic E-state index is 0.0725. The fourth-order valence-corrected chi connectivity index (χ4v) is 3.92. The Balaban J connectivity index is 1.72. The molecule has 0 amide bonds. The van der Waals surface area contributed by atoms with Crippen LogP contribution in [0.3, 0.4) is 0 Å². The lowest BCUT2D eigenvalue weighted by Gasteiger charge is -2.07. The molecule has 0 unspecified atom stereocenters. The molecule has 0 spiro atoms. The summed E-state index contributed by atoms with van der Waals surface area (Å²) in [6, 6.07) is 10.0. The first-order valence-electron chi connectivity index (χ1n) is 7.26. The van der Waals surface area contributed by atoms with Gasteiger partial charge in [-0.25, -0.2) is 18.1 Å². The summed E-state index contributed by atoms with van der Waals surface area (Å²) < 4.78 is 34.2. The van der Waals surface area contributed by atoms with Gasteiger partial charge in [-0.2, -0.15) is 0 Å². The van der Waals surface area contributed by atoms with Crippen LogP contribution < -0.4 is 9.46 Å². The van der Waals surface area contributed by atoms with E-state index >= 15 is 0 Å². The number of rotatable bonds is 6. The van der Waals surface area contributed by atoms with Crippen LogP contribution in [-0.4, -0.2) is 31.5 Å². The summed E-state index contributed by atoms with van der Waals surface area (Å²) in [5.74, 6) is 0.667. The van der Waals surface area contributed by atoms with Crippen LogP contribution in [0.25, 0.3) is 5.65 Å². The van der Waals surface area contributed by atoms with Gasteiger partial charge in [0.2, 0.25) is 10.0 Å². The molecule has 3 aromatic rings. The lowest BCUT2D eigenvalue weighted by Crippen LogP contribution is -2.26. The average molecular weight is 366 g/mol. The molecule has 0 bridgehead atoms. The molecule has 0 saturated carbocycles. The lowest BCUT2D eigenvalue weighted by atomic mass is 10.3. The Kier molecular flexibility index (Phi) is 4.75. The van der Waals surface area contributed by atoms with Gasteiger partial charge >= 0.3 is 0 Å². The highest BCUT2D eigenvalue weighted by atomic mass is 35.5. The molecule has 2 aromatic heterocycles. The Morgan fingerprint density at radius 1 is 1.25 bits per heavy atom. The second kappa shape index (κ2) is 6.80. The predicted molar refractivity (Wildman–Crippen MR) is 92.1 cm³/mol. The van der Waals surface area contributed by atoms with Crippen molar-refractivity contribution in [3.05, 3.63) is 59.5 Å². The summed E-state index contributed by atoms with van der Waals surface area (Å²) in [4.78, 5) is 4.54. The van der Waals surface area contributed by atoms with E-state index in [9.17, 15) is 8.42 Å². The SMILES string of the molecule is COc1cccn2cc(CCNS(=O)(=O)c3ccccc3Cl)nc12. The van der Waals surface area contributed by atoms with Gasteiger partial charge in [0.15, 0.2) is 11.4 Å². The molecule has 8 heteroatoms. The van der Waals surface area contributed by atoms with Crippen molar-refractivity contribution in [2.24, 2.45) is 0 Å². The van der Waals surface area contributed by atoms with Crippen LogP contribution in [0.2, 0.25) is 5.02 Å². The van der Waals surface area contributed by atoms with E-state index in [4.69, 9.17) is 16.3 Å². The number of methoxy groups -OCH3 is 1. The quantitative estimate of drug-likeness (QED) is 0.728. The van der Waals surface area contributed by atoms with Gasteiger partial charge in [0.1, 0.15) is 4.90 Å². The number of hydrogen-bond donors (Lipinski definition) is 1. The summed E-state index contributed by atoms with van der Waals surface area (Å²) in [6.45, 7) is 0.222. The molecule has 0 saturated heterocycles. The first-order chi connectivity index (χ1) is 11.5. The maximum Gasteiger partial charge on any atom is 0.242 e. The number of nitrogens with zero attached hydrogens (tertiary/aromatic N) is 2. The molecule has 0 aliphatic heterocycles. The summed E-state index contributed by atoms with van der Waals surface area (Å²) in [5.41, 5.74) is 1.46. The topological polar surface area (TPSA) is 72.7 Å². The van der Waals surface area contributed by atoms with Gasteiger partial charge in [-0.3, -0.25) is 0 Å². The Morgan fingerprint density at radius 2 is 2.04 bits per heavy atom. The van der Waals surface area contributed by atoms with Crippen LogP contribution in [0.4, 0.5) is 0 Å². The van der Waals surface area contributed by atoms with E-state index in [1.54, 1.807) is 25.3 Å². The average Bonchev–Trinajstić information content (AvgIpc) is 2.97. The lowest BCUT2D eigenvalue weighted by molar-refractivity contribution is 0.417. The van der Waals surface area contributed by atoms with Gasteiger partial charge in [-0.15, -0.1) is 0 Å². The predicted octanol–water partition coefficient (Wildman–Crippen LogP) is 2.52. The van der Waals surface area contributed by atoms with E-state index in [-0.39, 0.29) is 16.5 Å². The molecule has 0 fully saturated rings. The molecule has 0 radical (unpaired) electrons. The molecular weight excluding hydrogens is 350 g/mol. The molecule has 1 aromatic carbocycles. The van der Waals surface area contributed by atoms with Crippen LogP contribution >= 0.6 is 11.6 Å². The largest absolute Gasteiger partial charge is 0.493 e.